The maximum absolute atomic E-state index is 14.3. The first kappa shape index (κ1) is 27.5. The van der Waals surface area contributed by atoms with E-state index in [0.29, 0.717) is 11.5 Å². The Morgan fingerprint density at radius 2 is 1.14 bits per heavy atom. The van der Waals surface area contributed by atoms with Crippen molar-refractivity contribution in [1.29, 1.82) is 0 Å². The lowest BCUT2D eigenvalue weighted by Gasteiger charge is -2.41. The van der Waals surface area contributed by atoms with Crippen molar-refractivity contribution in [3.8, 4) is 0 Å². The fourth-order valence-electron chi connectivity index (χ4n) is 7.74. The fourth-order valence-corrected chi connectivity index (χ4v) is 8.12. The van der Waals surface area contributed by atoms with Crippen LogP contribution in [0.2, 0.25) is 0 Å². The molecule has 3 aliphatic carbocycles. The summed E-state index contributed by atoms with van der Waals surface area (Å²) in [6.07, 6.45) is 20.8. The topological polar surface area (TPSA) is 0 Å². The first-order valence-electron chi connectivity index (χ1n) is 14.3. The molecule has 0 heterocycles. The van der Waals surface area contributed by atoms with Crippen molar-refractivity contribution in [3.63, 3.8) is 0 Å². The lowest BCUT2D eigenvalue weighted by molar-refractivity contribution is 0.104. The molecule has 3 saturated carbocycles. The summed E-state index contributed by atoms with van der Waals surface area (Å²) in [5, 5.41) is 0. The van der Waals surface area contributed by atoms with Crippen molar-refractivity contribution >= 4 is 15.9 Å². The van der Waals surface area contributed by atoms with Crippen LogP contribution in [-0.4, -0.2) is 0 Å². The Hall–Kier alpha value is -0.580. The lowest BCUT2D eigenvalue weighted by atomic mass is 9.64. The standard InChI is InChI=1S/C30H43BrF4/c1-2-3-4-5-20-6-8-21(9-7-20)22-10-12-23(13-11-22)24-14-16-25(17-15-24)26-18-27(32)29(28(33)19-26)30(31,34)35/h18-25H,2-17H2,1H3. The first-order valence-corrected chi connectivity index (χ1v) is 15.1. The van der Waals surface area contributed by atoms with E-state index in [9.17, 15) is 17.6 Å². The lowest BCUT2D eigenvalue weighted by Crippen LogP contribution is -2.29. The molecule has 0 saturated heterocycles. The Kier molecular flexibility index (Phi) is 9.66. The second-order valence-corrected chi connectivity index (χ2v) is 12.9. The molecule has 0 bridgehead atoms. The molecule has 0 atom stereocenters. The maximum atomic E-state index is 14.3. The predicted octanol–water partition coefficient (Wildman–Crippen LogP) is 10.9. The summed E-state index contributed by atoms with van der Waals surface area (Å²) < 4.78 is 55.5. The molecule has 0 unspecified atom stereocenters. The van der Waals surface area contributed by atoms with Crippen LogP contribution >= 0.6 is 15.9 Å². The number of hydrogen-bond donors (Lipinski definition) is 0. The largest absolute Gasteiger partial charge is 0.332 e. The van der Waals surface area contributed by atoms with Gasteiger partial charge in [0.15, 0.2) is 0 Å². The van der Waals surface area contributed by atoms with Crippen molar-refractivity contribution in [2.75, 3.05) is 0 Å². The van der Waals surface area contributed by atoms with Gasteiger partial charge in [-0.3, -0.25) is 0 Å². The van der Waals surface area contributed by atoms with E-state index in [4.69, 9.17) is 0 Å². The molecular weight excluding hydrogens is 516 g/mol. The highest BCUT2D eigenvalue weighted by atomic mass is 79.9. The molecule has 1 aromatic carbocycles. The number of halogens is 5. The summed E-state index contributed by atoms with van der Waals surface area (Å²) >= 11 is 2.09. The first-order chi connectivity index (χ1) is 16.8. The van der Waals surface area contributed by atoms with E-state index in [1.54, 1.807) is 0 Å². The van der Waals surface area contributed by atoms with Gasteiger partial charge in [-0.15, -0.1) is 0 Å². The zero-order valence-corrected chi connectivity index (χ0v) is 22.9. The zero-order chi connectivity index (χ0) is 25.0. The van der Waals surface area contributed by atoms with Gasteiger partial charge in [-0.1, -0.05) is 45.4 Å². The van der Waals surface area contributed by atoms with E-state index in [0.717, 1.165) is 61.5 Å². The van der Waals surface area contributed by atoms with E-state index >= 15 is 0 Å². The third kappa shape index (κ3) is 7.05. The molecule has 0 nitrogen and oxygen atoms in total. The Morgan fingerprint density at radius 1 is 0.714 bits per heavy atom. The van der Waals surface area contributed by atoms with Crippen molar-refractivity contribution in [2.24, 2.45) is 29.6 Å². The fraction of sp³-hybridized carbons (Fsp3) is 0.800. The highest BCUT2D eigenvalue weighted by Crippen LogP contribution is 2.48. The van der Waals surface area contributed by atoms with Crippen LogP contribution in [0, 0.1) is 41.2 Å². The van der Waals surface area contributed by atoms with Gasteiger partial charge in [0.1, 0.15) is 17.2 Å². The van der Waals surface area contributed by atoms with E-state index in [-0.39, 0.29) is 5.92 Å². The predicted molar refractivity (Wildman–Crippen MR) is 139 cm³/mol. The van der Waals surface area contributed by atoms with Gasteiger partial charge in [-0.25, -0.2) is 8.78 Å². The van der Waals surface area contributed by atoms with Crippen LogP contribution < -0.4 is 0 Å². The molecule has 5 heteroatoms. The van der Waals surface area contributed by atoms with E-state index in [1.807, 2.05) is 0 Å². The highest BCUT2D eigenvalue weighted by Gasteiger charge is 2.37. The van der Waals surface area contributed by atoms with Crippen molar-refractivity contribution in [3.05, 3.63) is 34.9 Å². The van der Waals surface area contributed by atoms with Gasteiger partial charge in [0, 0.05) is 0 Å². The second kappa shape index (κ2) is 12.3. The molecule has 0 aromatic heterocycles. The molecule has 0 aliphatic heterocycles. The maximum Gasteiger partial charge on any atom is 0.332 e. The smallest absolute Gasteiger partial charge is 0.206 e. The molecule has 0 spiro atoms. The Bertz CT molecular complexity index is 772. The molecule has 4 rings (SSSR count). The third-order valence-corrected chi connectivity index (χ3v) is 10.2. The van der Waals surface area contributed by atoms with Crippen LogP contribution in [-0.2, 0) is 4.83 Å². The Morgan fingerprint density at radius 3 is 1.57 bits per heavy atom. The van der Waals surface area contributed by atoms with Gasteiger partial charge in [-0.05, 0) is 133 Å². The average molecular weight is 560 g/mol. The van der Waals surface area contributed by atoms with Crippen molar-refractivity contribution < 1.29 is 17.6 Å². The van der Waals surface area contributed by atoms with Crippen LogP contribution in [0.15, 0.2) is 12.1 Å². The van der Waals surface area contributed by atoms with Gasteiger partial charge < -0.3 is 0 Å². The summed E-state index contributed by atoms with van der Waals surface area (Å²) in [5.74, 6) is 2.12. The van der Waals surface area contributed by atoms with Crippen LogP contribution in [0.25, 0.3) is 0 Å². The van der Waals surface area contributed by atoms with E-state index in [1.165, 1.54) is 77.0 Å². The number of hydrogen-bond acceptors (Lipinski definition) is 0. The summed E-state index contributed by atoms with van der Waals surface area (Å²) in [4.78, 5) is -3.69. The van der Waals surface area contributed by atoms with E-state index in [2.05, 4.69) is 22.9 Å². The number of unbranched alkanes of at least 4 members (excludes halogenated alkanes) is 2. The van der Waals surface area contributed by atoms with Crippen molar-refractivity contribution in [2.45, 2.75) is 120 Å². The summed E-state index contributed by atoms with van der Waals surface area (Å²) in [6.45, 7) is 2.29. The quantitative estimate of drug-likeness (QED) is 0.169. The van der Waals surface area contributed by atoms with Crippen LogP contribution in [0.4, 0.5) is 17.6 Å². The summed E-state index contributed by atoms with van der Waals surface area (Å²) in [7, 11) is 0. The summed E-state index contributed by atoms with van der Waals surface area (Å²) in [6, 6.07) is 2.25. The van der Waals surface area contributed by atoms with Crippen LogP contribution in [0.3, 0.4) is 0 Å². The minimum atomic E-state index is -3.69. The monoisotopic (exact) mass is 558 g/mol. The molecule has 0 amide bonds. The average Bonchev–Trinajstić information content (AvgIpc) is 2.84. The van der Waals surface area contributed by atoms with Gasteiger partial charge in [0.25, 0.3) is 0 Å². The molecule has 0 radical (unpaired) electrons. The molecule has 1 aromatic rings. The van der Waals surface area contributed by atoms with Crippen LogP contribution in [0.5, 0.6) is 0 Å². The SMILES string of the molecule is CCCCCC1CCC(C2CCC(C3CCC(c4cc(F)c(C(F)(F)Br)c(F)c4)CC3)CC2)CC1. The molecule has 3 fully saturated rings. The molecule has 198 valence electrons. The van der Waals surface area contributed by atoms with Gasteiger partial charge in [0.2, 0.25) is 0 Å². The second-order valence-electron chi connectivity index (χ2n) is 11.9. The van der Waals surface area contributed by atoms with Crippen LogP contribution in [0.1, 0.15) is 127 Å². The summed E-state index contributed by atoms with van der Waals surface area (Å²) in [5.41, 5.74) is -0.648. The zero-order valence-electron chi connectivity index (χ0n) is 21.3. The normalized spacial score (nSPS) is 32.5. The minimum absolute atomic E-state index is 0.0668. The van der Waals surface area contributed by atoms with Gasteiger partial charge in [0.05, 0.1) is 0 Å². The van der Waals surface area contributed by atoms with Crippen molar-refractivity contribution in [1.82, 2.24) is 0 Å². The Balaban J connectivity index is 1.21. The van der Waals surface area contributed by atoms with Gasteiger partial charge in [-0.2, -0.15) is 8.78 Å². The molecule has 0 N–H and O–H groups in total. The Labute approximate surface area is 218 Å². The number of alkyl halides is 3. The third-order valence-electron chi connectivity index (χ3n) is 9.85. The number of rotatable bonds is 8. The van der Waals surface area contributed by atoms with E-state index < -0.39 is 22.0 Å². The minimum Gasteiger partial charge on any atom is -0.206 e. The van der Waals surface area contributed by atoms with Gasteiger partial charge >= 0.3 is 4.83 Å². The molecule has 35 heavy (non-hydrogen) atoms. The molecule has 3 aliphatic rings. The number of benzene rings is 1. The highest BCUT2D eigenvalue weighted by molar-refractivity contribution is 9.09. The molecular formula is C30H43BrF4.